The summed E-state index contributed by atoms with van der Waals surface area (Å²) in [6.45, 7) is 6.75. The van der Waals surface area contributed by atoms with Crippen LogP contribution >= 0.6 is 0 Å². The Hall–Kier alpha value is -3.41. The number of benzene rings is 2. The van der Waals surface area contributed by atoms with Gasteiger partial charge in [0.2, 0.25) is 0 Å². The zero-order chi connectivity index (χ0) is 25.6. The van der Waals surface area contributed by atoms with E-state index in [0.717, 1.165) is 50.7 Å². The van der Waals surface area contributed by atoms with Crippen LogP contribution in [0.15, 0.2) is 42.5 Å². The van der Waals surface area contributed by atoms with Crippen molar-refractivity contribution in [1.82, 2.24) is 20.2 Å². The van der Waals surface area contributed by atoms with Crippen LogP contribution in [0, 0.1) is 11.3 Å². The first-order chi connectivity index (χ1) is 18.2. The molecule has 0 saturated carbocycles. The van der Waals surface area contributed by atoms with Crippen molar-refractivity contribution >= 4 is 22.3 Å². The lowest BCUT2D eigenvalue weighted by Crippen LogP contribution is -2.51. The summed E-state index contributed by atoms with van der Waals surface area (Å²) in [6, 6.07) is 17.8. The third-order valence-electron chi connectivity index (χ3n) is 7.54. The Balaban J connectivity index is 0.000000412. The SMILES string of the molecule is CN1CCCC1.COc1nc2c(c(N3CCNC(CC#N)C3)n1)CCN(c1cccc3ccccc13)C2. The minimum atomic E-state index is 0.158. The number of aromatic nitrogens is 2. The molecule has 3 aliphatic rings. The van der Waals surface area contributed by atoms with Gasteiger partial charge in [-0.15, -0.1) is 0 Å². The van der Waals surface area contributed by atoms with Crippen LogP contribution in [0.1, 0.15) is 30.5 Å². The molecule has 37 heavy (non-hydrogen) atoms. The van der Waals surface area contributed by atoms with Gasteiger partial charge < -0.3 is 24.8 Å². The smallest absolute Gasteiger partial charge is 0.318 e. The summed E-state index contributed by atoms with van der Waals surface area (Å²) >= 11 is 0. The van der Waals surface area contributed by atoms with E-state index in [2.05, 4.69) is 75.6 Å². The second-order valence-electron chi connectivity index (χ2n) is 10.1. The summed E-state index contributed by atoms with van der Waals surface area (Å²) in [7, 11) is 3.79. The first kappa shape index (κ1) is 25.2. The van der Waals surface area contributed by atoms with Crippen LogP contribution in [0.5, 0.6) is 6.01 Å². The molecule has 2 aromatic carbocycles. The number of hydrogen-bond acceptors (Lipinski definition) is 8. The summed E-state index contributed by atoms with van der Waals surface area (Å²) in [6.07, 6.45) is 4.20. The largest absolute Gasteiger partial charge is 0.467 e. The van der Waals surface area contributed by atoms with Gasteiger partial charge in [-0.05, 0) is 50.9 Å². The van der Waals surface area contributed by atoms with Crippen molar-refractivity contribution < 1.29 is 4.74 Å². The Morgan fingerprint density at radius 3 is 2.59 bits per heavy atom. The number of methoxy groups -OCH3 is 1. The number of hydrogen-bond donors (Lipinski definition) is 1. The second kappa shape index (κ2) is 11.8. The molecule has 2 saturated heterocycles. The lowest BCUT2D eigenvalue weighted by atomic mass is 10.0. The lowest BCUT2D eigenvalue weighted by Gasteiger charge is -2.37. The Morgan fingerprint density at radius 1 is 1.03 bits per heavy atom. The summed E-state index contributed by atoms with van der Waals surface area (Å²) in [4.78, 5) is 16.5. The Labute approximate surface area is 219 Å². The van der Waals surface area contributed by atoms with Gasteiger partial charge in [0.15, 0.2) is 0 Å². The number of anilines is 2. The van der Waals surface area contributed by atoms with E-state index >= 15 is 0 Å². The number of fused-ring (bicyclic) bond motifs is 2. The number of nitrogens with zero attached hydrogens (tertiary/aromatic N) is 6. The first-order valence-electron chi connectivity index (χ1n) is 13.4. The monoisotopic (exact) mass is 499 g/mol. The van der Waals surface area contributed by atoms with Crippen molar-refractivity contribution in [3.05, 3.63) is 53.7 Å². The van der Waals surface area contributed by atoms with E-state index in [1.54, 1.807) is 7.11 Å². The zero-order valence-corrected chi connectivity index (χ0v) is 22.0. The minimum Gasteiger partial charge on any atom is -0.467 e. The number of ether oxygens (including phenoxy) is 1. The molecular weight excluding hydrogens is 462 g/mol. The van der Waals surface area contributed by atoms with E-state index in [9.17, 15) is 0 Å². The Bertz CT molecular complexity index is 1250. The number of nitrogens with one attached hydrogen (secondary N) is 1. The molecular formula is C29H37N7O. The van der Waals surface area contributed by atoms with E-state index in [1.165, 1.54) is 48.0 Å². The molecule has 1 unspecified atom stereocenters. The molecule has 1 N–H and O–H groups in total. The number of likely N-dealkylation sites (tertiary alicyclic amines) is 1. The summed E-state index contributed by atoms with van der Waals surface area (Å²) < 4.78 is 5.46. The fraction of sp³-hybridized carbons (Fsp3) is 0.483. The maximum absolute atomic E-state index is 9.10. The van der Waals surface area contributed by atoms with Gasteiger partial charge in [0.25, 0.3) is 0 Å². The van der Waals surface area contributed by atoms with E-state index in [0.29, 0.717) is 12.4 Å². The molecule has 194 valence electrons. The Kier molecular flexibility index (Phi) is 8.02. The molecule has 6 rings (SSSR count). The van der Waals surface area contributed by atoms with Crippen molar-refractivity contribution in [2.75, 3.05) is 63.2 Å². The molecule has 0 aliphatic carbocycles. The molecule has 2 fully saturated rings. The lowest BCUT2D eigenvalue weighted by molar-refractivity contribution is 0.375. The van der Waals surface area contributed by atoms with Crippen molar-refractivity contribution in [2.45, 2.75) is 38.3 Å². The van der Waals surface area contributed by atoms with Crippen LogP contribution in [-0.4, -0.2) is 74.3 Å². The van der Waals surface area contributed by atoms with Gasteiger partial charge in [0.05, 0.1) is 31.8 Å². The fourth-order valence-electron chi connectivity index (χ4n) is 5.57. The highest BCUT2D eigenvalue weighted by Gasteiger charge is 2.28. The molecule has 3 aromatic rings. The molecule has 1 atom stereocenters. The maximum atomic E-state index is 9.10. The molecule has 4 heterocycles. The van der Waals surface area contributed by atoms with E-state index < -0.39 is 0 Å². The fourth-order valence-corrected chi connectivity index (χ4v) is 5.57. The van der Waals surface area contributed by atoms with Crippen LogP contribution in [0.4, 0.5) is 11.5 Å². The first-order valence-corrected chi connectivity index (χ1v) is 13.4. The molecule has 0 spiro atoms. The topological polar surface area (TPSA) is 80.5 Å². The molecule has 1 aromatic heterocycles. The van der Waals surface area contributed by atoms with Crippen molar-refractivity contribution in [2.24, 2.45) is 0 Å². The van der Waals surface area contributed by atoms with Crippen molar-refractivity contribution in [3.8, 4) is 12.1 Å². The normalized spacial score (nSPS) is 19.6. The third-order valence-corrected chi connectivity index (χ3v) is 7.54. The van der Waals surface area contributed by atoms with Gasteiger partial charge >= 0.3 is 6.01 Å². The van der Waals surface area contributed by atoms with Crippen molar-refractivity contribution in [1.29, 1.82) is 5.26 Å². The summed E-state index contributed by atoms with van der Waals surface area (Å²) in [5, 5.41) is 15.0. The minimum absolute atomic E-state index is 0.158. The second-order valence-corrected chi connectivity index (χ2v) is 10.1. The zero-order valence-electron chi connectivity index (χ0n) is 22.0. The standard InChI is InChI=1S/C24H26N6O.C5H11N/c1-31-24-27-21-16-29(22-8-4-6-17-5-2-3-7-19(17)22)13-10-20(21)23(28-24)30-14-12-26-18(15-30)9-11-25;1-6-4-2-3-5-6/h2-8,18,26H,9-10,12-16H2,1H3;2-5H2,1H3. The predicted molar refractivity (Wildman–Crippen MR) is 148 cm³/mol. The van der Waals surface area contributed by atoms with Gasteiger partial charge in [-0.2, -0.15) is 15.2 Å². The quantitative estimate of drug-likeness (QED) is 0.583. The van der Waals surface area contributed by atoms with E-state index in [1.807, 2.05) is 0 Å². The van der Waals surface area contributed by atoms with E-state index in [-0.39, 0.29) is 6.04 Å². The number of rotatable bonds is 4. The average molecular weight is 500 g/mol. The summed E-state index contributed by atoms with van der Waals surface area (Å²) in [5.41, 5.74) is 3.46. The van der Waals surface area contributed by atoms with Gasteiger partial charge in [-0.3, -0.25) is 0 Å². The molecule has 0 bridgehead atoms. The van der Waals surface area contributed by atoms with Gasteiger partial charge in [-0.1, -0.05) is 36.4 Å². The average Bonchev–Trinajstić information content (AvgIpc) is 3.43. The predicted octanol–water partition coefficient (Wildman–Crippen LogP) is 3.60. The van der Waals surface area contributed by atoms with Gasteiger partial charge in [-0.25, -0.2) is 0 Å². The van der Waals surface area contributed by atoms with Crippen LogP contribution in [0.2, 0.25) is 0 Å². The number of nitriles is 1. The van der Waals surface area contributed by atoms with Crippen LogP contribution in [0.3, 0.4) is 0 Å². The highest BCUT2D eigenvalue weighted by Crippen LogP contribution is 2.34. The molecule has 8 nitrogen and oxygen atoms in total. The van der Waals surface area contributed by atoms with Crippen LogP contribution in [-0.2, 0) is 13.0 Å². The highest BCUT2D eigenvalue weighted by atomic mass is 16.5. The summed E-state index contributed by atoms with van der Waals surface area (Å²) in [5.74, 6) is 0.962. The van der Waals surface area contributed by atoms with Gasteiger partial charge in [0.1, 0.15) is 5.82 Å². The third kappa shape index (κ3) is 5.79. The highest BCUT2D eigenvalue weighted by molar-refractivity contribution is 5.94. The Morgan fingerprint density at radius 2 is 1.84 bits per heavy atom. The van der Waals surface area contributed by atoms with Crippen LogP contribution in [0.25, 0.3) is 10.8 Å². The van der Waals surface area contributed by atoms with Gasteiger partial charge in [0, 0.05) is 48.9 Å². The maximum Gasteiger partial charge on any atom is 0.318 e. The molecule has 0 amide bonds. The molecule has 0 radical (unpaired) electrons. The van der Waals surface area contributed by atoms with Crippen molar-refractivity contribution in [3.63, 3.8) is 0 Å². The molecule has 3 aliphatic heterocycles. The van der Waals surface area contributed by atoms with E-state index in [4.69, 9.17) is 20.0 Å². The van der Waals surface area contributed by atoms with Crippen LogP contribution < -0.4 is 19.9 Å². The number of piperazine rings is 1. The molecule has 8 heteroatoms.